The van der Waals surface area contributed by atoms with E-state index in [0.29, 0.717) is 17.3 Å². The summed E-state index contributed by atoms with van der Waals surface area (Å²) in [5, 5.41) is 0. The predicted octanol–water partition coefficient (Wildman–Crippen LogP) is -0.933. The van der Waals surface area contributed by atoms with Crippen molar-refractivity contribution in [1.29, 1.82) is 0 Å². The smallest absolute Gasteiger partial charge is 0.234 e. The molecule has 0 aliphatic heterocycles. The molecular weight excluding hydrogens is 148 g/mol. The van der Waals surface area contributed by atoms with Crippen molar-refractivity contribution in [2.24, 2.45) is 11.5 Å². The molecule has 0 aromatic rings. The highest BCUT2D eigenvalue weighted by Gasteiger charge is 2.12. The van der Waals surface area contributed by atoms with Gasteiger partial charge < -0.3 is 11.5 Å². The molecule has 1 amide bonds. The molecule has 0 aliphatic rings. The lowest BCUT2D eigenvalue weighted by atomic mass is 10.2. The minimum absolute atomic E-state index is 0.360. The van der Waals surface area contributed by atoms with Gasteiger partial charge in [-0.25, -0.2) is 0 Å². The third kappa shape index (κ3) is 4.64. The van der Waals surface area contributed by atoms with Crippen molar-refractivity contribution < 1.29 is 4.79 Å². The Labute approximate surface area is 64.5 Å². The summed E-state index contributed by atoms with van der Waals surface area (Å²) >= 11 is 0. The normalized spacial score (nSPS) is 13.6. The van der Waals surface area contributed by atoms with Crippen LogP contribution in [0.15, 0.2) is 0 Å². The average molecular weight is 163 g/mol. The molecule has 0 spiro atoms. The van der Waals surface area contributed by atoms with Crippen LogP contribution in [-0.4, -0.2) is 30.2 Å². The fraction of sp³-hybridized carbons (Fsp3) is 0.833. The average Bonchev–Trinajstić information content (AvgIpc) is 1.82. The van der Waals surface area contributed by atoms with E-state index in [0.717, 1.165) is 5.75 Å². The van der Waals surface area contributed by atoms with Crippen molar-refractivity contribution >= 4 is 16.8 Å². The monoisotopic (exact) mass is 163 g/mol. The number of hydrogen-bond acceptors (Lipinski definition) is 2. The van der Waals surface area contributed by atoms with Crippen LogP contribution < -0.4 is 11.5 Å². The Bertz CT molecular complexity index is 116. The molecule has 0 rings (SSSR count). The Morgan fingerprint density at radius 1 is 1.60 bits per heavy atom. The zero-order valence-electron chi connectivity index (χ0n) is 6.46. The number of hydrogen-bond donors (Lipinski definition) is 2. The molecule has 0 bridgehead atoms. The Morgan fingerprint density at radius 2 is 2.10 bits per heavy atom. The molecule has 1 unspecified atom stereocenters. The molecule has 1 atom stereocenters. The number of primary amides is 1. The maximum absolute atomic E-state index is 10.4. The highest BCUT2D eigenvalue weighted by molar-refractivity contribution is 7.95. The molecule has 0 aliphatic carbocycles. The molecule has 0 saturated carbocycles. The van der Waals surface area contributed by atoms with Crippen LogP contribution in [0.25, 0.3) is 0 Å². The summed E-state index contributed by atoms with van der Waals surface area (Å²) in [4.78, 5) is 10.4. The number of carbonyl (C=O) groups excluding carboxylic acids is 1. The van der Waals surface area contributed by atoms with E-state index in [1.54, 1.807) is 0 Å². The molecule has 4 N–H and O–H groups in total. The van der Waals surface area contributed by atoms with E-state index in [9.17, 15) is 4.79 Å². The van der Waals surface area contributed by atoms with Crippen LogP contribution in [0.1, 0.15) is 6.42 Å². The lowest BCUT2D eigenvalue weighted by Crippen LogP contribution is -2.37. The van der Waals surface area contributed by atoms with Crippen LogP contribution >= 0.6 is 0 Å². The van der Waals surface area contributed by atoms with Gasteiger partial charge in [0.25, 0.3) is 0 Å². The minimum Gasteiger partial charge on any atom is -0.368 e. The second kappa shape index (κ2) is 4.57. The van der Waals surface area contributed by atoms with Crippen molar-refractivity contribution in [2.45, 2.75) is 12.5 Å². The van der Waals surface area contributed by atoms with Crippen LogP contribution in [-0.2, 0) is 15.7 Å². The first-order valence-electron chi connectivity index (χ1n) is 3.13. The SMILES string of the molecule is C[S+](C)CCC(N)C(N)=O. The van der Waals surface area contributed by atoms with Gasteiger partial charge in [0.05, 0.1) is 18.6 Å². The molecule has 0 radical (unpaired) electrons. The summed E-state index contributed by atoms with van der Waals surface area (Å²) < 4.78 is 0. The van der Waals surface area contributed by atoms with Gasteiger partial charge in [0.1, 0.15) is 5.75 Å². The summed E-state index contributed by atoms with van der Waals surface area (Å²) in [6.45, 7) is 0. The summed E-state index contributed by atoms with van der Waals surface area (Å²) in [7, 11) is 0.360. The number of rotatable bonds is 4. The molecule has 4 heteroatoms. The fourth-order valence-electron chi connectivity index (χ4n) is 0.505. The topological polar surface area (TPSA) is 69.1 Å². The lowest BCUT2D eigenvalue weighted by Gasteiger charge is -2.03. The number of carbonyl (C=O) groups is 1. The first kappa shape index (κ1) is 9.78. The van der Waals surface area contributed by atoms with E-state index in [-0.39, 0.29) is 0 Å². The largest absolute Gasteiger partial charge is 0.368 e. The van der Waals surface area contributed by atoms with Gasteiger partial charge in [0, 0.05) is 6.42 Å². The van der Waals surface area contributed by atoms with Gasteiger partial charge >= 0.3 is 0 Å². The van der Waals surface area contributed by atoms with E-state index in [4.69, 9.17) is 11.5 Å². The molecule has 0 saturated heterocycles. The number of amides is 1. The van der Waals surface area contributed by atoms with E-state index < -0.39 is 11.9 Å². The second-order valence-corrected chi connectivity index (χ2v) is 4.87. The van der Waals surface area contributed by atoms with Crippen LogP contribution in [0.2, 0.25) is 0 Å². The van der Waals surface area contributed by atoms with Crippen molar-refractivity contribution in [3.8, 4) is 0 Å². The van der Waals surface area contributed by atoms with Gasteiger partial charge in [-0.2, -0.15) is 0 Å². The third-order valence-corrected chi connectivity index (χ3v) is 2.25. The molecule has 3 nitrogen and oxygen atoms in total. The summed E-state index contributed by atoms with van der Waals surface area (Å²) in [5.41, 5.74) is 10.4. The van der Waals surface area contributed by atoms with Gasteiger partial charge in [-0.3, -0.25) is 4.79 Å². The van der Waals surface area contributed by atoms with E-state index in [1.807, 2.05) is 0 Å². The van der Waals surface area contributed by atoms with E-state index in [2.05, 4.69) is 12.5 Å². The van der Waals surface area contributed by atoms with Crippen molar-refractivity contribution in [1.82, 2.24) is 0 Å². The van der Waals surface area contributed by atoms with Gasteiger partial charge in [-0.1, -0.05) is 0 Å². The summed E-state index contributed by atoms with van der Waals surface area (Å²) in [6, 6.07) is -0.449. The van der Waals surface area contributed by atoms with Gasteiger partial charge in [-0.15, -0.1) is 0 Å². The van der Waals surface area contributed by atoms with Crippen LogP contribution in [0.5, 0.6) is 0 Å². The molecule has 0 fully saturated rings. The lowest BCUT2D eigenvalue weighted by molar-refractivity contribution is -0.119. The molecule has 0 heterocycles. The Balaban J connectivity index is 3.40. The van der Waals surface area contributed by atoms with Crippen LogP contribution in [0, 0.1) is 0 Å². The highest BCUT2D eigenvalue weighted by atomic mass is 32.2. The van der Waals surface area contributed by atoms with Gasteiger partial charge in [-0.05, 0) is 10.9 Å². The van der Waals surface area contributed by atoms with Crippen molar-refractivity contribution in [3.05, 3.63) is 0 Å². The van der Waals surface area contributed by atoms with Gasteiger partial charge in [0.15, 0.2) is 0 Å². The Hall–Kier alpha value is -0.220. The standard InChI is InChI=1S/C6H14N2OS/c1-10(2)4-3-5(7)6(8)9/h5H,3-4,7H2,1-2H3,(H-,8,9)/p+1. The number of nitrogens with two attached hydrogens (primary N) is 2. The van der Waals surface area contributed by atoms with E-state index in [1.165, 1.54) is 0 Å². The van der Waals surface area contributed by atoms with Crippen LogP contribution in [0.3, 0.4) is 0 Å². The third-order valence-electron chi connectivity index (χ3n) is 1.20. The Kier molecular flexibility index (Phi) is 4.47. The zero-order valence-corrected chi connectivity index (χ0v) is 7.28. The predicted molar refractivity (Wildman–Crippen MR) is 45.9 cm³/mol. The molecular formula is C6H15N2OS+. The zero-order chi connectivity index (χ0) is 8.15. The van der Waals surface area contributed by atoms with Crippen LogP contribution in [0.4, 0.5) is 0 Å². The summed E-state index contributed by atoms with van der Waals surface area (Å²) in [5.74, 6) is 0.592. The fourth-order valence-corrected chi connectivity index (χ4v) is 1.23. The maximum atomic E-state index is 10.4. The first-order chi connectivity index (χ1) is 4.54. The highest BCUT2D eigenvalue weighted by Crippen LogP contribution is 1.92. The maximum Gasteiger partial charge on any atom is 0.234 e. The van der Waals surface area contributed by atoms with Crippen molar-refractivity contribution in [2.75, 3.05) is 18.3 Å². The molecule has 10 heavy (non-hydrogen) atoms. The minimum atomic E-state index is -0.449. The van der Waals surface area contributed by atoms with Gasteiger partial charge in [0.2, 0.25) is 5.91 Å². The summed E-state index contributed by atoms with van der Waals surface area (Å²) in [6.07, 6.45) is 4.95. The molecule has 0 aromatic heterocycles. The molecule has 0 aromatic carbocycles. The Morgan fingerprint density at radius 3 is 2.40 bits per heavy atom. The molecule has 60 valence electrons. The van der Waals surface area contributed by atoms with Crippen molar-refractivity contribution in [3.63, 3.8) is 0 Å². The second-order valence-electron chi connectivity index (χ2n) is 2.49. The van der Waals surface area contributed by atoms with E-state index >= 15 is 0 Å². The first-order valence-corrected chi connectivity index (χ1v) is 5.34. The quantitative estimate of drug-likeness (QED) is 0.526.